The Balaban J connectivity index is 1.52. The molecule has 8 heteroatoms. The lowest BCUT2D eigenvalue weighted by Gasteiger charge is -2.33. The second kappa shape index (κ2) is 7.48. The Morgan fingerprint density at radius 3 is 2.85 bits per heavy atom. The number of anilines is 1. The van der Waals surface area contributed by atoms with E-state index in [0.29, 0.717) is 31.0 Å². The van der Waals surface area contributed by atoms with Crippen LogP contribution in [0.25, 0.3) is 0 Å². The van der Waals surface area contributed by atoms with Crippen LogP contribution in [-0.4, -0.2) is 58.5 Å². The topological polar surface area (TPSA) is 91.4 Å². The number of nitrogens with zero attached hydrogens (tertiary/aromatic N) is 4. The molecule has 1 unspecified atom stereocenters. The maximum Gasteiger partial charge on any atom is 0.254 e. The average Bonchev–Trinajstić information content (AvgIpc) is 3.22. The Bertz CT molecular complexity index is 891. The van der Waals surface area contributed by atoms with Crippen LogP contribution in [0.4, 0.5) is 5.95 Å². The van der Waals surface area contributed by atoms with Crippen molar-refractivity contribution >= 4 is 11.9 Å². The van der Waals surface area contributed by atoms with Gasteiger partial charge in [-0.25, -0.2) is 9.97 Å². The number of aromatic amines is 1. The number of aryl methyl sites for hydroxylation is 1. The second-order valence-electron chi connectivity index (χ2n) is 7.00. The van der Waals surface area contributed by atoms with Gasteiger partial charge in [0, 0.05) is 43.2 Å². The number of morpholine rings is 1. The number of aromatic nitrogens is 3. The van der Waals surface area contributed by atoms with E-state index in [0.717, 1.165) is 37.6 Å². The third kappa shape index (κ3) is 3.85. The molecule has 2 aliphatic heterocycles. The average molecular weight is 369 g/mol. The molecule has 1 amide bonds. The number of hydrogen-bond donors (Lipinski definition) is 1. The summed E-state index contributed by atoms with van der Waals surface area (Å²) in [6.45, 7) is 5.04. The van der Waals surface area contributed by atoms with E-state index in [9.17, 15) is 9.59 Å². The highest BCUT2D eigenvalue weighted by atomic mass is 16.5. The third-order valence-electron chi connectivity index (χ3n) is 4.96. The van der Waals surface area contributed by atoms with Gasteiger partial charge in [-0.05, 0) is 31.9 Å². The molecule has 8 nitrogen and oxygen atoms in total. The van der Waals surface area contributed by atoms with Crippen molar-refractivity contribution in [2.45, 2.75) is 25.9 Å². The minimum atomic E-state index is -0.296. The number of hydrogen-bond acceptors (Lipinski definition) is 6. The summed E-state index contributed by atoms with van der Waals surface area (Å²) >= 11 is 0. The van der Waals surface area contributed by atoms with Crippen LogP contribution in [0, 0.1) is 6.92 Å². The lowest BCUT2D eigenvalue weighted by Crippen LogP contribution is -2.42. The number of carbonyl (C=O) groups excluding carboxylic acids is 1. The molecule has 2 aromatic rings. The van der Waals surface area contributed by atoms with Crippen molar-refractivity contribution in [2.24, 2.45) is 0 Å². The van der Waals surface area contributed by atoms with Crippen molar-refractivity contribution in [3.8, 4) is 0 Å². The summed E-state index contributed by atoms with van der Waals surface area (Å²) in [4.78, 5) is 40.1. The van der Waals surface area contributed by atoms with Crippen molar-refractivity contribution in [1.29, 1.82) is 0 Å². The van der Waals surface area contributed by atoms with Crippen LogP contribution < -0.4 is 10.5 Å². The summed E-state index contributed by atoms with van der Waals surface area (Å²) in [5, 5.41) is 0. The van der Waals surface area contributed by atoms with Gasteiger partial charge in [0.2, 0.25) is 11.5 Å². The summed E-state index contributed by atoms with van der Waals surface area (Å²) in [6.07, 6.45) is 3.77. The van der Waals surface area contributed by atoms with Crippen LogP contribution in [0.3, 0.4) is 0 Å². The molecule has 0 aromatic carbocycles. The Hall–Kier alpha value is -2.74. The van der Waals surface area contributed by atoms with Gasteiger partial charge in [0.15, 0.2) is 0 Å². The van der Waals surface area contributed by atoms with E-state index < -0.39 is 0 Å². The van der Waals surface area contributed by atoms with Crippen molar-refractivity contribution in [1.82, 2.24) is 19.9 Å². The predicted octanol–water partition coefficient (Wildman–Crippen LogP) is 1.29. The van der Waals surface area contributed by atoms with Crippen molar-refractivity contribution in [3.63, 3.8) is 0 Å². The molecule has 0 saturated carbocycles. The van der Waals surface area contributed by atoms with Crippen molar-refractivity contribution in [2.75, 3.05) is 37.7 Å². The minimum absolute atomic E-state index is 0.161. The first-order valence-corrected chi connectivity index (χ1v) is 9.30. The zero-order chi connectivity index (χ0) is 18.8. The molecule has 0 radical (unpaired) electrons. The Kier molecular flexibility index (Phi) is 4.89. The Morgan fingerprint density at radius 2 is 2.07 bits per heavy atom. The molecule has 1 atom stereocenters. The molecule has 0 bridgehead atoms. The smallest absolute Gasteiger partial charge is 0.254 e. The molecule has 142 valence electrons. The molecule has 2 aliphatic rings. The van der Waals surface area contributed by atoms with Crippen LogP contribution in [0.1, 0.15) is 40.7 Å². The number of rotatable bonds is 3. The highest BCUT2D eigenvalue weighted by molar-refractivity contribution is 5.94. The van der Waals surface area contributed by atoms with Gasteiger partial charge in [0.25, 0.3) is 5.91 Å². The minimum Gasteiger partial charge on any atom is -0.368 e. The molecule has 2 saturated heterocycles. The van der Waals surface area contributed by atoms with Gasteiger partial charge in [-0.2, -0.15) is 0 Å². The molecule has 2 aromatic heterocycles. The van der Waals surface area contributed by atoms with E-state index >= 15 is 0 Å². The maximum atomic E-state index is 12.8. The monoisotopic (exact) mass is 369 g/mol. The second-order valence-corrected chi connectivity index (χ2v) is 7.00. The van der Waals surface area contributed by atoms with Crippen molar-refractivity contribution < 1.29 is 9.53 Å². The van der Waals surface area contributed by atoms with Crippen LogP contribution in [0.15, 0.2) is 29.2 Å². The van der Waals surface area contributed by atoms with E-state index in [2.05, 4.69) is 19.9 Å². The Morgan fingerprint density at radius 1 is 1.26 bits per heavy atom. The standard InChI is InChI=1S/C19H23N5O3/c1-13-10-14(11-17(25)21-13)18(26)24-8-9-27-16(12-24)15-4-5-20-19(22-15)23-6-2-3-7-23/h4-5,10-11,16H,2-3,6-9,12H2,1H3,(H,21,25). The molecule has 4 rings (SSSR count). The molecule has 0 aliphatic carbocycles. The van der Waals surface area contributed by atoms with Gasteiger partial charge in [-0.15, -0.1) is 0 Å². The fraction of sp³-hybridized carbons (Fsp3) is 0.474. The number of ether oxygens (including phenoxy) is 1. The summed E-state index contributed by atoms with van der Waals surface area (Å²) in [6, 6.07) is 4.88. The van der Waals surface area contributed by atoms with E-state index in [-0.39, 0.29) is 17.6 Å². The molecule has 2 fully saturated rings. The summed E-state index contributed by atoms with van der Waals surface area (Å²) in [7, 11) is 0. The Labute approximate surface area is 157 Å². The summed E-state index contributed by atoms with van der Waals surface area (Å²) in [5.41, 5.74) is 1.58. The first-order chi connectivity index (χ1) is 13.1. The van der Waals surface area contributed by atoms with Gasteiger partial charge in [-0.1, -0.05) is 0 Å². The quantitative estimate of drug-likeness (QED) is 0.877. The van der Waals surface area contributed by atoms with Gasteiger partial charge < -0.3 is 19.5 Å². The number of nitrogens with one attached hydrogen (secondary N) is 1. The molecule has 0 spiro atoms. The summed E-state index contributed by atoms with van der Waals surface area (Å²) < 4.78 is 5.87. The molecular weight excluding hydrogens is 346 g/mol. The van der Waals surface area contributed by atoms with Gasteiger partial charge >= 0.3 is 0 Å². The molecular formula is C19H23N5O3. The zero-order valence-corrected chi connectivity index (χ0v) is 15.4. The lowest BCUT2D eigenvalue weighted by molar-refractivity contribution is -0.0247. The number of amides is 1. The van der Waals surface area contributed by atoms with E-state index in [1.165, 1.54) is 6.07 Å². The fourth-order valence-corrected chi connectivity index (χ4v) is 3.61. The normalized spacial score (nSPS) is 20.1. The van der Waals surface area contributed by atoms with Crippen LogP contribution >= 0.6 is 0 Å². The highest BCUT2D eigenvalue weighted by Gasteiger charge is 2.28. The van der Waals surface area contributed by atoms with Gasteiger partial charge in [-0.3, -0.25) is 9.59 Å². The predicted molar refractivity (Wildman–Crippen MR) is 99.9 cm³/mol. The lowest BCUT2D eigenvalue weighted by atomic mass is 10.1. The zero-order valence-electron chi connectivity index (χ0n) is 15.4. The first-order valence-electron chi connectivity index (χ1n) is 9.30. The molecule has 27 heavy (non-hydrogen) atoms. The first kappa shape index (κ1) is 17.7. The van der Waals surface area contributed by atoms with E-state index in [1.807, 2.05) is 6.07 Å². The molecule has 1 N–H and O–H groups in total. The largest absolute Gasteiger partial charge is 0.368 e. The van der Waals surface area contributed by atoms with Crippen molar-refractivity contribution in [3.05, 3.63) is 51.7 Å². The fourth-order valence-electron chi connectivity index (χ4n) is 3.61. The van der Waals surface area contributed by atoms with Crippen LogP contribution in [0.5, 0.6) is 0 Å². The van der Waals surface area contributed by atoms with E-state index in [1.54, 1.807) is 24.1 Å². The molecule has 4 heterocycles. The maximum absolute atomic E-state index is 12.8. The van der Waals surface area contributed by atoms with Gasteiger partial charge in [0.1, 0.15) is 6.10 Å². The summed E-state index contributed by atoms with van der Waals surface area (Å²) in [5.74, 6) is 0.564. The number of H-pyrrole nitrogens is 1. The third-order valence-corrected chi connectivity index (χ3v) is 4.96. The SMILES string of the molecule is Cc1cc(C(=O)N2CCOC(c3ccnc(N4CCCC4)n3)C2)cc(=O)[nH]1. The number of carbonyl (C=O) groups is 1. The van der Waals surface area contributed by atoms with Gasteiger partial charge in [0.05, 0.1) is 18.8 Å². The van der Waals surface area contributed by atoms with E-state index in [4.69, 9.17) is 4.74 Å². The van der Waals surface area contributed by atoms with Crippen LogP contribution in [0.2, 0.25) is 0 Å². The highest BCUT2D eigenvalue weighted by Crippen LogP contribution is 2.24. The van der Waals surface area contributed by atoms with Crippen LogP contribution in [-0.2, 0) is 4.74 Å². The number of pyridine rings is 1.